The van der Waals surface area contributed by atoms with E-state index < -0.39 is 0 Å². The van der Waals surface area contributed by atoms with Crippen LogP contribution in [0.15, 0.2) is 53.6 Å². The molecule has 24 heavy (non-hydrogen) atoms. The molecule has 0 amide bonds. The van der Waals surface area contributed by atoms with E-state index in [2.05, 4.69) is 10.4 Å². The molecule has 5 nitrogen and oxygen atoms in total. The van der Waals surface area contributed by atoms with E-state index in [4.69, 9.17) is 21.7 Å². The van der Waals surface area contributed by atoms with Crippen molar-refractivity contribution in [3.8, 4) is 11.5 Å². The quantitative estimate of drug-likeness (QED) is 0.496. The maximum atomic E-state index is 5.34. The first-order valence-corrected chi connectivity index (χ1v) is 7.85. The first-order chi connectivity index (χ1) is 11.6. The molecule has 2 rings (SSSR count). The zero-order valence-corrected chi connectivity index (χ0v) is 14.8. The summed E-state index contributed by atoms with van der Waals surface area (Å²) in [6, 6.07) is 15.6. The number of hydrazone groups is 1. The molecule has 126 valence electrons. The highest BCUT2D eigenvalue weighted by Crippen LogP contribution is 2.21. The Balaban J connectivity index is 1.96. The molecular formula is C18H21N3O2S. The Kier molecular flexibility index (Phi) is 6.57. The van der Waals surface area contributed by atoms with Crippen molar-refractivity contribution in [2.45, 2.75) is 6.54 Å². The van der Waals surface area contributed by atoms with Crippen molar-refractivity contribution in [1.82, 2.24) is 10.3 Å². The second-order valence-corrected chi connectivity index (χ2v) is 5.45. The van der Waals surface area contributed by atoms with Gasteiger partial charge in [-0.05, 0) is 29.9 Å². The lowest BCUT2D eigenvalue weighted by molar-refractivity contribution is 0.394. The Morgan fingerprint density at radius 2 is 1.75 bits per heavy atom. The van der Waals surface area contributed by atoms with Gasteiger partial charge in [-0.25, -0.2) is 5.01 Å². The van der Waals surface area contributed by atoms with Crippen molar-refractivity contribution in [2.75, 3.05) is 21.3 Å². The molecule has 0 aromatic heterocycles. The fraction of sp³-hybridized carbons (Fsp3) is 0.222. The summed E-state index contributed by atoms with van der Waals surface area (Å²) in [6.45, 7) is 0.659. The third kappa shape index (κ3) is 5.24. The molecule has 0 aliphatic rings. The van der Waals surface area contributed by atoms with Crippen molar-refractivity contribution in [1.29, 1.82) is 0 Å². The van der Waals surface area contributed by atoms with E-state index in [0.717, 1.165) is 11.1 Å². The first kappa shape index (κ1) is 17.7. The molecule has 2 aromatic rings. The highest BCUT2D eigenvalue weighted by atomic mass is 32.1. The van der Waals surface area contributed by atoms with Crippen LogP contribution in [0.25, 0.3) is 0 Å². The van der Waals surface area contributed by atoms with Gasteiger partial charge in [-0.3, -0.25) is 0 Å². The minimum Gasteiger partial charge on any atom is -0.497 e. The largest absolute Gasteiger partial charge is 0.497 e. The van der Waals surface area contributed by atoms with E-state index in [-0.39, 0.29) is 0 Å². The van der Waals surface area contributed by atoms with E-state index in [1.165, 1.54) is 0 Å². The maximum absolute atomic E-state index is 5.34. The predicted octanol–water partition coefficient (Wildman–Crippen LogP) is 3.04. The van der Waals surface area contributed by atoms with Crippen molar-refractivity contribution in [3.63, 3.8) is 0 Å². The standard InChI is InChI=1S/C18H21N3O2S/c1-21(18(24)19-12-14-7-5-4-6-8-14)20-13-15-9-16(22-2)11-17(10-15)23-3/h4-11,13H,12H2,1-3H3,(H,19,24)/b20-13-. The number of nitrogens with zero attached hydrogens (tertiary/aromatic N) is 2. The van der Waals surface area contributed by atoms with Crippen LogP contribution in [-0.2, 0) is 6.54 Å². The van der Waals surface area contributed by atoms with E-state index in [1.54, 1.807) is 32.5 Å². The number of hydrogen-bond donors (Lipinski definition) is 1. The van der Waals surface area contributed by atoms with Crippen LogP contribution in [0.1, 0.15) is 11.1 Å². The van der Waals surface area contributed by atoms with Crippen LogP contribution in [0.2, 0.25) is 0 Å². The molecule has 0 unspecified atom stereocenters. The third-order valence-corrected chi connectivity index (χ3v) is 3.74. The van der Waals surface area contributed by atoms with Gasteiger partial charge in [-0.15, -0.1) is 0 Å². The van der Waals surface area contributed by atoms with Crippen LogP contribution in [0, 0.1) is 0 Å². The van der Waals surface area contributed by atoms with Gasteiger partial charge in [0.05, 0.1) is 20.4 Å². The maximum Gasteiger partial charge on any atom is 0.189 e. The normalized spacial score (nSPS) is 10.5. The molecule has 0 fully saturated rings. The second-order valence-electron chi connectivity index (χ2n) is 5.06. The number of thiocarbonyl (C=S) groups is 1. The molecule has 0 spiro atoms. The summed E-state index contributed by atoms with van der Waals surface area (Å²) < 4.78 is 10.5. The molecule has 0 saturated carbocycles. The number of hydrogen-bond acceptors (Lipinski definition) is 4. The molecule has 0 aliphatic carbocycles. The highest BCUT2D eigenvalue weighted by Gasteiger charge is 2.03. The topological polar surface area (TPSA) is 46.1 Å². The van der Waals surface area contributed by atoms with E-state index in [1.807, 2.05) is 48.5 Å². The van der Waals surface area contributed by atoms with Gasteiger partial charge in [0.15, 0.2) is 5.11 Å². The SMILES string of the molecule is COc1cc(/C=N\N(C)C(=S)NCc2ccccc2)cc(OC)c1. The highest BCUT2D eigenvalue weighted by molar-refractivity contribution is 7.80. The second kappa shape index (κ2) is 8.88. The average molecular weight is 343 g/mol. The number of ether oxygens (including phenoxy) is 2. The van der Waals surface area contributed by atoms with E-state index >= 15 is 0 Å². The van der Waals surface area contributed by atoms with Gasteiger partial charge in [0.1, 0.15) is 11.5 Å². The molecule has 0 heterocycles. The lowest BCUT2D eigenvalue weighted by Crippen LogP contribution is -2.33. The molecule has 0 radical (unpaired) electrons. The molecule has 0 saturated heterocycles. The van der Waals surface area contributed by atoms with Crippen molar-refractivity contribution in [2.24, 2.45) is 5.10 Å². The molecule has 0 atom stereocenters. The molecule has 0 bridgehead atoms. The van der Waals surface area contributed by atoms with Gasteiger partial charge in [0.25, 0.3) is 0 Å². The van der Waals surface area contributed by atoms with Crippen molar-refractivity contribution >= 4 is 23.5 Å². The summed E-state index contributed by atoms with van der Waals surface area (Å²) in [5, 5.41) is 9.69. The molecule has 0 aliphatic heterocycles. The van der Waals surface area contributed by atoms with Crippen LogP contribution < -0.4 is 14.8 Å². The summed E-state index contributed by atoms with van der Waals surface area (Å²) in [5.74, 6) is 1.42. The first-order valence-electron chi connectivity index (χ1n) is 7.45. The number of benzene rings is 2. The third-order valence-electron chi connectivity index (χ3n) is 3.33. The monoisotopic (exact) mass is 343 g/mol. The number of methoxy groups -OCH3 is 2. The lowest BCUT2D eigenvalue weighted by atomic mass is 10.2. The minimum atomic E-state index is 0.546. The van der Waals surface area contributed by atoms with Crippen LogP contribution in [0.5, 0.6) is 11.5 Å². The van der Waals surface area contributed by atoms with Crippen LogP contribution in [0.4, 0.5) is 0 Å². The summed E-state index contributed by atoms with van der Waals surface area (Å²) in [7, 11) is 5.03. The fourth-order valence-corrected chi connectivity index (χ4v) is 2.12. The van der Waals surface area contributed by atoms with Gasteiger partial charge < -0.3 is 14.8 Å². The summed E-state index contributed by atoms with van der Waals surface area (Å²) in [6.07, 6.45) is 1.71. The van der Waals surface area contributed by atoms with Gasteiger partial charge in [-0.2, -0.15) is 5.10 Å². The van der Waals surface area contributed by atoms with Crippen LogP contribution in [0.3, 0.4) is 0 Å². The van der Waals surface area contributed by atoms with Gasteiger partial charge in [-0.1, -0.05) is 30.3 Å². The Bertz CT molecular complexity index is 682. The van der Waals surface area contributed by atoms with Gasteiger partial charge in [0, 0.05) is 25.2 Å². The fourth-order valence-electron chi connectivity index (χ4n) is 2.00. The van der Waals surface area contributed by atoms with E-state index in [0.29, 0.717) is 23.2 Å². The zero-order valence-electron chi connectivity index (χ0n) is 14.0. The molecule has 1 N–H and O–H groups in total. The van der Waals surface area contributed by atoms with Crippen molar-refractivity contribution < 1.29 is 9.47 Å². The summed E-state index contributed by atoms with van der Waals surface area (Å²) in [5.41, 5.74) is 2.03. The van der Waals surface area contributed by atoms with Crippen LogP contribution in [-0.4, -0.2) is 37.6 Å². The summed E-state index contributed by atoms with van der Waals surface area (Å²) in [4.78, 5) is 0. The molecule has 2 aromatic carbocycles. The Morgan fingerprint density at radius 3 is 2.33 bits per heavy atom. The van der Waals surface area contributed by atoms with Gasteiger partial charge in [0.2, 0.25) is 0 Å². The lowest BCUT2D eigenvalue weighted by Gasteiger charge is -2.15. The molecular weight excluding hydrogens is 322 g/mol. The smallest absolute Gasteiger partial charge is 0.189 e. The van der Waals surface area contributed by atoms with Crippen LogP contribution >= 0.6 is 12.2 Å². The Labute approximate surface area is 147 Å². The van der Waals surface area contributed by atoms with Crippen molar-refractivity contribution in [3.05, 3.63) is 59.7 Å². The number of rotatable bonds is 6. The van der Waals surface area contributed by atoms with E-state index in [9.17, 15) is 0 Å². The predicted molar refractivity (Wildman–Crippen MR) is 101 cm³/mol. The number of nitrogens with one attached hydrogen (secondary N) is 1. The Hall–Kier alpha value is -2.60. The zero-order chi connectivity index (χ0) is 17.4. The molecule has 6 heteroatoms. The Morgan fingerprint density at radius 1 is 1.12 bits per heavy atom. The summed E-state index contributed by atoms with van der Waals surface area (Å²) >= 11 is 5.34. The minimum absolute atomic E-state index is 0.546. The van der Waals surface area contributed by atoms with Gasteiger partial charge >= 0.3 is 0 Å². The average Bonchev–Trinajstić information content (AvgIpc) is 2.64.